The summed E-state index contributed by atoms with van der Waals surface area (Å²) in [7, 11) is 0. The average Bonchev–Trinajstić information content (AvgIpc) is 2.33. The van der Waals surface area contributed by atoms with Gasteiger partial charge in [0.15, 0.2) is 11.5 Å². The van der Waals surface area contributed by atoms with Gasteiger partial charge in [-0.25, -0.2) is 0 Å². The fraction of sp³-hybridized carbons (Fsp3) is 0. The number of aromatic hydroxyl groups is 3. The molecule has 0 fully saturated rings. The summed E-state index contributed by atoms with van der Waals surface area (Å²) in [6.07, 6.45) is 3.48. The molecular formula is C14H12O3. The molecule has 0 radical (unpaired) electrons. The molecule has 0 aromatic heterocycles. The molecule has 0 aliphatic rings. The van der Waals surface area contributed by atoms with Crippen molar-refractivity contribution in [2.45, 2.75) is 0 Å². The molecule has 3 N–H and O–H groups in total. The molecule has 0 aliphatic heterocycles. The van der Waals surface area contributed by atoms with Crippen LogP contribution < -0.4 is 0 Å². The van der Waals surface area contributed by atoms with E-state index in [9.17, 15) is 15.3 Å². The van der Waals surface area contributed by atoms with E-state index in [2.05, 4.69) is 0 Å². The second-order valence-electron chi connectivity index (χ2n) is 3.64. The number of phenols is 3. The molecule has 0 aliphatic carbocycles. The molecule has 0 amide bonds. The van der Waals surface area contributed by atoms with E-state index < -0.39 is 0 Å². The molecule has 0 atom stereocenters. The van der Waals surface area contributed by atoms with Gasteiger partial charge in [0.25, 0.3) is 0 Å². The van der Waals surface area contributed by atoms with Crippen LogP contribution in [0.4, 0.5) is 0 Å². The second kappa shape index (κ2) is 4.61. The van der Waals surface area contributed by atoms with E-state index in [0.717, 1.165) is 11.6 Å². The van der Waals surface area contributed by atoms with Crippen molar-refractivity contribution in [1.29, 1.82) is 0 Å². The quantitative estimate of drug-likeness (QED) is 0.420. The highest BCUT2D eigenvalue weighted by atomic mass is 16.3. The lowest BCUT2D eigenvalue weighted by Gasteiger charge is -2.02. The van der Waals surface area contributed by atoms with E-state index in [0.29, 0.717) is 5.56 Å². The maximum atomic E-state index is 9.57. The topological polar surface area (TPSA) is 60.7 Å². The highest BCUT2D eigenvalue weighted by Gasteiger charge is 2.04. The van der Waals surface area contributed by atoms with E-state index >= 15 is 0 Å². The summed E-state index contributed by atoms with van der Waals surface area (Å²) in [6.45, 7) is 0. The Bertz CT molecular complexity index is 545. The first-order chi connectivity index (χ1) is 8.16. The lowest BCUT2D eigenvalue weighted by atomic mass is 10.1. The standard InChI is InChI=1S/C14H12O3/c15-12-9-14(17)13(16)8-11(12)7-6-10-4-2-1-3-5-10/h1-9,15-17H/b7-6+. The third-order valence-electron chi connectivity index (χ3n) is 2.38. The number of benzene rings is 2. The van der Waals surface area contributed by atoms with Gasteiger partial charge in [-0.3, -0.25) is 0 Å². The maximum absolute atomic E-state index is 9.57. The molecule has 0 bridgehead atoms. The number of rotatable bonds is 2. The van der Waals surface area contributed by atoms with Crippen molar-refractivity contribution >= 4 is 12.2 Å². The Balaban J connectivity index is 2.31. The normalized spacial score (nSPS) is 10.8. The SMILES string of the molecule is Oc1cc(O)c(/C=C/c2ccccc2)cc1O. The first kappa shape index (κ1) is 11.1. The van der Waals surface area contributed by atoms with Crippen LogP contribution in [0.25, 0.3) is 12.2 Å². The Morgan fingerprint density at radius 1 is 0.706 bits per heavy atom. The summed E-state index contributed by atoms with van der Waals surface area (Å²) < 4.78 is 0. The number of hydrogen-bond donors (Lipinski definition) is 3. The van der Waals surface area contributed by atoms with Crippen LogP contribution in [-0.2, 0) is 0 Å². The number of phenolic OH excluding ortho intramolecular Hbond substituents is 3. The van der Waals surface area contributed by atoms with Crippen LogP contribution in [0.2, 0.25) is 0 Å². The Labute approximate surface area is 98.9 Å². The third-order valence-corrected chi connectivity index (χ3v) is 2.38. The zero-order valence-corrected chi connectivity index (χ0v) is 9.04. The van der Waals surface area contributed by atoms with Crippen LogP contribution in [0.3, 0.4) is 0 Å². The molecule has 86 valence electrons. The molecule has 0 heterocycles. The summed E-state index contributed by atoms with van der Waals surface area (Å²) in [6, 6.07) is 12.0. The Morgan fingerprint density at radius 3 is 2.06 bits per heavy atom. The zero-order chi connectivity index (χ0) is 12.3. The van der Waals surface area contributed by atoms with Gasteiger partial charge < -0.3 is 15.3 Å². The molecule has 3 nitrogen and oxygen atoms in total. The van der Waals surface area contributed by atoms with Crippen LogP contribution in [0.1, 0.15) is 11.1 Å². The average molecular weight is 228 g/mol. The minimum absolute atomic E-state index is 0.0764. The van der Waals surface area contributed by atoms with Crippen molar-refractivity contribution in [1.82, 2.24) is 0 Å². The molecule has 3 heteroatoms. The summed E-state index contributed by atoms with van der Waals surface area (Å²) in [5.74, 6) is -0.664. The maximum Gasteiger partial charge on any atom is 0.161 e. The van der Waals surface area contributed by atoms with Gasteiger partial charge in [-0.05, 0) is 11.6 Å². The molecule has 0 unspecified atom stereocenters. The van der Waals surface area contributed by atoms with Crippen LogP contribution in [0, 0.1) is 0 Å². The minimum Gasteiger partial charge on any atom is -0.507 e. The first-order valence-corrected chi connectivity index (χ1v) is 5.15. The monoisotopic (exact) mass is 228 g/mol. The minimum atomic E-state index is -0.334. The van der Waals surface area contributed by atoms with E-state index in [1.807, 2.05) is 36.4 Å². The third kappa shape index (κ3) is 2.58. The molecule has 0 saturated heterocycles. The number of hydrogen-bond acceptors (Lipinski definition) is 3. The smallest absolute Gasteiger partial charge is 0.161 e. The summed E-state index contributed by atoms with van der Waals surface area (Å²) in [5.41, 5.74) is 1.43. The van der Waals surface area contributed by atoms with Gasteiger partial charge in [0.1, 0.15) is 5.75 Å². The zero-order valence-electron chi connectivity index (χ0n) is 9.04. The largest absolute Gasteiger partial charge is 0.507 e. The van der Waals surface area contributed by atoms with Gasteiger partial charge >= 0.3 is 0 Å². The van der Waals surface area contributed by atoms with Crippen LogP contribution in [0.5, 0.6) is 17.2 Å². The molecule has 2 aromatic carbocycles. The van der Waals surface area contributed by atoms with Crippen molar-refractivity contribution in [3.05, 3.63) is 53.6 Å². The van der Waals surface area contributed by atoms with E-state index in [1.54, 1.807) is 6.08 Å². The highest BCUT2D eigenvalue weighted by Crippen LogP contribution is 2.33. The molecule has 2 aromatic rings. The Hall–Kier alpha value is -2.42. The molecule has 0 saturated carbocycles. The lowest BCUT2D eigenvalue weighted by molar-refractivity contribution is 0.396. The Morgan fingerprint density at radius 2 is 1.35 bits per heavy atom. The van der Waals surface area contributed by atoms with E-state index in [-0.39, 0.29) is 17.2 Å². The van der Waals surface area contributed by atoms with Gasteiger partial charge in [-0.15, -0.1) is 0 Å². The summed E-state index contributed by atoms with van der Waals surface area (Å²) in [4.78, 5) is 0. The van der Waals surface area contributed by atoms with Crippen molar-refractivity contribution in [3.63, 3.8) is 0 Å². The van der Waals surface area contributed by atoms with Crippen molar-refractivity contribution < 1.29 is 15.3 Å². The van der Waals surface area contributed by atoms with Crippen molar-refractivity contribution in [2.24, 2.45) is 0 Å². The Kier molecular flexibility index (Phi) is 3.01. The van der Waals surface area contributed by atoms with Gasteiger partial charge in [-0.1, -0.05) is 42.5 Å². The fourth-order valence-corrected chi connectivity index (χ4v) is 1.47. The first-order valence-electron chi connectivity index (χ1n) is 5.15. The highest BCUT2D eigenvalue weighted by molar-refractivity contribution is 5.74. The van der Waals surface area contributed by atoms with Crippen LogP contribution in [0.15, 0.2) is 42.5 Å². The van der Waals surface area contributed by atoms with Crippen molar-refractivity contribution in [2.75, 3.05) is 0 Å². The van der Waals surface area contributed by atoms with Crippen molar-refractivity contribution in [3.8, 4) is 17.2 Å². The molecule has 2 rings (SSSR count). The summed E-state index contributed by atoms with van der Waals surface area (Å²) in [5, 5.41) is 28.1. The predicted molar refractivity (Wildman–Crippen MR) is 66.8 cm³/mol. The second-order valence-corrected chi connectivity index (χ2v) is 3.64. The van der Waals surface area contributed by atoms with Gasteiger partial charge in [-0.2, -0.15) is 0 Å². The van der Waals surface area contributed by atoms with Gasteiger partial charge in [0.05, 0.1) is 0 Å². The van der Waals surface area contributed by atoms with Crippen LogP contribution in [-0.4, -0.2) is 15.3 Å². The summed E-state index contributed by atoms with van der Waals surface area (Å²) >= 11 is 0. The van der Waals surface area contributed by atoms with Gasteiger partial charge in [0.2, 0.25) is 0 Å². The molecule has 17 heavy (non-hydrogen) atoms. The fourth-order valence-electron chi connectivity index (χ4n) is 1.47. The van der Waals surface area contributed by atoms with Crippen LogP contribution >= 0.6 is 0 Å². The lowest BCUT2D eigenvalue weighted by Crippen LogP contribution is -1.77. The molecular weight excluding hydrogens is 216 g/mol. The van der Waals surface area contributed by atoms with E-state index in [4.69, 9.17) is 0 Å². The predicted octanol–water partition coefficient (Wildman–Crippen LogP) is 2.97. The van der Waals surface area contributed by atoms with E-state index in [1.165, 1.54) is 6.07 Å². The molecule has 0 spiro atoms. The van der Waals surface area contributed by atoms with Gasteiger partial charge in [0, 0.05) is 11.6 Å².